The van der Waals surface area contributed by atoms with Crippen molar-refractivity contribution in [3.05, 3.63) is 0 Å². The van der Waals surface area contributed by atoms with Gasteiger partial charge in [0.15, 0.2) is 0 Å². The van der Waals surface area contributed by atoms with Crippen LogP contribution < -0.4 is 0 Å². The molecule has 0 spiro atoms. The fourth-order valence-electron chi connectivity index (χ4n) is 2.87. The maximum absolute atomic E-state index is 12.7. The van der Waals surface area contributed by atoms with E-state index in [1.54, 1.807) is 11.8 Å². The van der Waals surface area contributed by atoms with E-state index in [9.17, 15) is 14.7 Å². The molecule has 0 aromatic rings. The molecule has 2 amide bonds. The van der Waals surface area contributed by atoms with Crippen molar-refractivity contribution in [3.8, 4) is 0 Å². The lowest BCUT2D eigenvalue weighted by Crippen LogP contribution is -2.61. The van der Waals surface area contributed by atoms with Crippen molar-refractivity contribution in [3.63, 3.8) is 0 Å². The number of carbonyl (C=O) groups is 2. The van der Waals surface area contributed by atoms with Crippen molar-refractivity contribution in [1.82, 2.24) is 9.80 Å². The number of hydrogen-bond donors (Lipinski definition) is 1. The number of piperidine rings is 1. The Bertz CT molecular complexity index is 368. The van der Waals surface area contributed by atoms with E-state index in [-0.39, 0.29) is 6.03 Å². The normalized spacial score (nSPS) is 27.2. The average molecular weight is 268 g/mol. The summed E-state index contributed by atoms with van der Waals surface area (Å²) in [4.78, 5) is 27.7. The van der Waals surface area contributed by atoms with Crippen LogP contribution in [0.3, 0.4) is 0 Å². The third-order valence-corrected chi connectivity index (χ3v) is 4.28. The minimum Gasteiger partial charge on any atom is -0.480 e. The standard InChI is InChI=1S/C14H24N2O3/c1-3-9-15(11-6-7-11)13(19)16-10-5-4-8-14(16,2)12(17)18/h11H,3-10H2,1-2H3,(H,17,18). The number of carboxylic acids is 1. The van der Waals surface area contributed by atoms with Gasteiger partial charge >= 0.3 is 12.0 Å². The molecule has 0 aromatic carbocycles. The van der Waals surface area contributed by atoms with Crippen LogP contribution in [0.15, 0.2) is 0 Å². The summed E-state index contributed by atoms with van der Waals surface area (Å²) in [6, 6.07) is 0.265. The van der Waals surface area contributed by atoms with Crippen molar-refractivity contribution in [2.24, 2.45) is 0 Å². The number of carboxylic acid groups (broad SMARTS) is 1. The molecule has 0 aromatic heterocycles. The first-order chi connectivity index (χ1) is 9.00. The third-order valence-electron chi connectivity index (χ3n) is 4.28. The maximum Gasteiger partial charge on any atom is 0.329 e. The number of carbonyl (C=O) groups excluding carboxylic acids is 1. The molecule has 1 aliphatic heterocycles. The Morgan fingerprint density at radius 3 is 2.58 bits per heavy atom. The lowest BCUT2D eigenvalue weighted by molar-refractivity contribution is -0.150. The highest BCUT2D eigenvalue weighted by molar-refractivity contribution is 5.86. The van der Waals surface area contributed by atoms with E-state index in [0.717, 1.165) is 38.6 Å². The van der Waals surface area contributed by atoms with E-state index in [4.69, 9.17) is 0 Å². The van der Waals surface area contributed by atoms with Gasteiger partial charge in [0.05, 0.1) is 0 Å². The number of urea groups is 1. The van der Waals surface area contributed by atoms with Gasteiger partial charge in [0.2, 0.25) is 0 Å². The summed E-state index contributed by atoms with van der Waals surface area (Å²) >= 11 is 0. The Morgan fingerprint density at radius 1 is 1.37 bits per heavy atom. The Kier molecular flexibility index (Phi) is 4.02. The molecular formula is C14H24N2O3. The van der Waals surface area contributed by atoms with Crippen LogP contribution >= 0.6 is 0 Å². The largest absolute Gasteiger partial charge is 0.480 e. The summed E-state index contributed by atoms with van der Waals surface area (Å²) in [7, 11) is 0. The molecule has 1 N–H and O–H groups in total. The maximum atomic E-state index is 12.7. The second-order valence-corrected chi connectivity index (χ2v) is 5.89. The zero-order chi connectivity index (χ0) is 14.0. The molecular weight excluding hydrogens is 244 g/mol. The second-order valence-electron chi connectivity index (χ2n) is 5.89. The minimum atomic E-state index is -1.03. The predicted octanol–water partition coefficient (Wildman–Crippen LogP) is 2.31. The summed E-state index contributed by atoms with van der Waals surface area (Å²) in [5.41, 5.74) is -1.03. The van der Waals surface area contributed by atoms with Crippen LogP contribution in [0.5, 0.6) is 0 Å². The smallest absolute Gasteiger partial charge is 0.329 e. The number of rotatable bonds is 4. The van der Waals surface area contributed by atoms with Crippen LogP contribution in [0, 0.1) is 0 Å². The van der Waals surface area contributed by atoms with Gasteiger partial charge in [-0.25, -0.2) is 9.59 Å². The fraction of sp³-hybridized carbons (Fsp3) is 0.857. The summed E-state index contributed by atoms with van der Waals surface area (Å²) in [5.74, 6) is -0.882. The van der Waals surface area contributed by atoms with E-state index in [1.807, 2.05) is 4.90 Å². The number of nitrogens with zero attached hydrogens (tertiary/aromatic N) is 2. The summed E-state index contributed by atoms with van der Waals surface area (Å²) < 4.78 is 0. The molecule has 1 aliphatic carbocycles. The highest BCUT2D eigenvalue weighted by Gasteiger charge is 2.46. The van der Waals surface area contributed by atoms with Crippen LogP contribution in [0.2, 0.25) is 0 Å². The molecule has 2 rings (SSSR count). The van der Waals surface area contributed by atoms with Gasteiger partial charge in [0.25, 0.3) is 0 Å². The lowest BCUT2D eigenvalue weighted by Gasteiger charge is -2.44. The van der Waals surface area contributed by atoms with E-state index in [1.165, 1.54) is 0 Å². The van der Waals surface area contributed by atoms with Crippen LogP contribution in [0.1, 0.15) is 52.4 Å². The van der Waals surface area contributed by atoms with Crippen LogP contribution in [-0.2, 0) is 4.79 Å². The fourth-order valence-corrected chi connectivity index (χ4v) is 2.87. The monoisotopic (exact) mass is 268 g/mol. The Balaban J connectivity index is 2.16. The van der Waals surface area contributed by atoms with Crippen molar-refractivity contribution >= 4 is 12.0 Å². The van der Waals surface area contributed by atoms with E-state index >= 15 is 0 Å². The third kappa shape index (κ3) is 2.69. The number of amides is 2. The molecule has 5 nitrogen and oxygen atoms in total. The average Bonchev–Trinajstić information content (AvgIpc) is 3.20. The second kappa shape index (κ2) is 5.39. The molecule has 108 valence electrons. The molecule has 1 heterocycles. The highest BCUT2D eigenvalue weighted by Crippen LogP contribution is 2.33. The molecule has 19 heavy (non-hydrogen) atoms. The van der Waals surface area contributed by atoms with Crippen molar-refractivity contribution in [1.29, 1.82) is 0 Å². The van der Waals surface area contributed by atoms with Gasteiger partial charge in [-0.2, -0.15) is 0 Å². The van der Waals surface area contributed by atoms with Gasteiger partial charge < -0.3 is 14.9 Å². The molecule has 1 atom stereocenters. The number of aliphatic carboxylic acids is 1. The Labute approximate surface area is 114 Å². The number of hydrogen-bond acceptors (Lipinski definition) is 2. The predicted molar refractivity (Wildman–Crippen MR) is 72.0 cm³/mol. The van der Waals surface area contributed by atoms with Gasteiger partial charge in [-0.3, -0.25) is 0 Å². The Morgan fingerprint density at radius 2 is 2.05 bits per heavy atom. The zero-order valence-corrected chi connectivity index (χ0v) is 11.9. The topological polar surface area (TPSA) is 60.9 Å². The molecule has 1 saturated carbocycles. The van der Waals surface area contributed by atoms with Gasteiger partial charge in [0, 0.05) is 19.1 Å². The van der Waals surface area contributed by atoms with E-state index in [0.29, 0.717) is 19.0 Å². The van der Waals surface area contributed by atoms with Crippen LogP contribution in [-0.4, -0.2) is 51.6 Å². The first-order valence-corrected chi connectivity index (χ1v) is 7.32. The molecule has 1 saturated heterocycles. The van der Waals surface area contributed by atoms with Gasteiger partial charge in [-0.1, -0.05) is 6.92 Å². The zero-order valence-electron chi connectivity index (χ0n) is 11.9. The summed E-state index contributed by atoms with van der Waals surface area (Å²) in [6.07, 6.45) is 5.37. The molecule has 1 unspecified atom stereocenters. The van der Waals surface area contributed by atoms with Crippen molar-refractivity contribution in [2.45, 2.75) is 64.0 Å². The number of likely N-dealkylation sites (tertiary alicyclic amines) is 1. The molecule has 0 radical (unpaired) electrons. The SMILES string of the molecule is CCCN(C(=O)N1CCCCC1(C)C(=O)O)C1CC1. The molecule has 2 aliphatic rings. The van der Waals surface area contributed by atoms with Gasteiger partial charge in [0.1, 0.15) is 5.54 Å². The van der Waals surface area contributed by atoms with Crippen LogP contribution in [0.4, 0.5) is 4.79 Å². The molecule has 5 heteroatoms. The van der Waals surface area contributed by atoms with Crippen molar-refractivity contribution in [2.75, 3.05) is 13.1 Å². The summed E-state index contributed by atoms with van der Waals surface area (Å²) in [6.45, 7) is 5.03. The minimum absolute atomic E-state index is 0.0750. The molecule has 2 fully saturated rings. The lowest BCUT2D eigenvalue weighted by atomic mass is 9.89. The summed E-state index contributed by atoms with van der Waals surface area (Å²) in [5, 5.41) is 9.47. The Hall–Kier alpha value is -1.26. The molecule has 0 bridgehead atoms. The first kappa shape index (κ1) is 14.2. The quantitative estimate of drug-likeness (QED) is 0.851. The van der Waals surface area contributed by atoms with Crippen LogP contribution in [0.25, 0.3) is 0 Å². The first-order valence-electron chi connectivity index (χ1n) is 7.32. The van der Waals surface area contributed by atoms with E-state index in [2.05, 4.69) is 6.92 Å². The van der Waals surface area contributed by atoms with Gasteiger partial charge in [-0.15, -0.1) is 0 Å². The highest BCUT2D eigenvalue weighted by atomic mass is 16.4. The van der Waals surface area contributed by atoms with E-state index < -0.39 is 11.5 Å². The van der Waals surface area contributed by atoms with Gasteiger partial charge in [-0.05, 0) is 45.4 Å². The van der Waals surface area contributed by atoms with Crippen molar-refractivity contribution < 1.29 is 14.7 Å².